The lowest BCUT2D eigenvalue weighted by Crippen LogP contribution is -2.42. The molecule has 1 heterocycles. The first-order valence-corrected chi connectivity index (χ1v) is 8.82. The van der Waals surface area contributed by atoms with Gasteiger partial charge in [0, 0.05) is 12.6 Å². The Labute approximate surface area is 162 Å². The van der Waals surface area contributed by atoms with Crippen LogP contribution in [0, 0.1) is 0 Å². The molecule has 6 heteroatoms. The number of nitrogens with zero attached hydrogens (tertiary/aromatic N) is 1. The van der Waals surface area contributed by atoms with Gasteiger partial charge in [-0.3, -0.25) is 9.78 Å². The molecule has 142 valence electrons. The highest BCUT2D eigenvalue weighted by Crippen LogP contribution is 2.17. The molecule has 0 unspecified atom stereocenters. The van der Waals surface area contributed by atoms with Gasteiger partial charge in [0.1, 0.15) is 24.1 Å². The van der Waals surface area contributed by atoms with Gasteiger partial charge in [-0.15, -0.1) is 0 Å². The van der Waals surface area contributed by atoms with Gasteiger partial charge in [-0.2, -0.15) is 0 Å². The van der Waals surface area contributed by atoms with E-state index in [0.717, 1.165) is 11.1 Å². The van der Waals surface area contributed by atoms with Gasteiger partial charge < -0.3 is 15.2 Å². The molecule has 6 nitrogen and oxygen atoms in total. The van der Waals surface area contributed by atoms with Crippen molar-refractivity contribution in [3.63, 3.8) is 0 Å². The van der Waals surface area contributed by atoms with Crippen molar-refractivity contribution in [3.8, 4) is 5.75 Å². The maximum absolute atomic E-state index is 12.2. The van der Waals surface area contributed by atoms with E-state index in [-0.39, 0.29) is 12.1 Å². The Bertz CT molecular complexity index is 930. The van der Waals surface area contributed by atoms with Crippen molar-refractivity contribution >= 4 is 11.9 Å². The van der Waals surface area contributed by atoms with Crippen LogP contribution in [0.3, 0.4) is 0 Å². The van der Waals surface area contributed by atoms with E-state index < -0.39 is 17.9 Å². The number of aromatic nitrogens is 1. The van der Waals surface area contributed by atoms with Crippen LogP contribution in [0.4, 0.5) is 0 Å². The van der Waals surface area contributed by atoms with E-state index in [2.05, 4.69) is 10.3 Å². The molecule has 2 aromatic carbocycles. The van der Waals surface area contributed by atoms with Crippen LogP contribution in [0.25, 0.3) is 0 Å². The molecule has 1 amide bonds. The van der Waals surface area contributed by atoms with Gasteiger partial charge in [-0.05, 0) is 35.4 Å². The molecule has 1 aromatic heterocycles. The third kappa shape index (κ3) is 5.41. The summed E-state index contributed by atoms with van der Waals surface area (Å²) in [5.74, 6) is -0.995. The highest BCUT2D eigenvalue weighted by atomic mass is 16.5. The Balaban J connectivity index is 1.64. The molecule has 2 N–H and O–H groups in total. The number of benzene rings is 2. The highest BCUT2D eigenvalue weighted by Gasteiger charge is 2.21. The SMILES string of the molecule is O=C(N[C@H](Cc1cccc(OCc2ccccc2)c1)C(=O)O)c1ccccn1. The molecule has 0 aliphatic rings. The highest BCUT2D eigenvalue weighted by molar-refractivity contribution is 5.94. The molecule has 0 aliphatic carbocycles. The van der Waals surface area contributed by atoms with Crippen LogP contribution in [0.1, 0.15) is 21.6 Å². The van der Waals surface area contributed by atoms with Gasteiger partial charge in [0.25, 0.3) is 5.91 Å². The number of hydrogen-bond acceptors (Lipinski definition) is 4. The molecule has 0 saturated carbocycles. The molecule has 0 radical (unpaired) electrons. The molecule has 0 spiro atoms. The van der Waals surface area contributed by atoms with E-state index in [1.54, 1.807) is 30.3 Å². The lowest BCUT2D eigenvalue weighted by atomic mass is 10.1. The smallest absolute Gasteiger partial charge is 0.326 e. The quantitative estimate of drug-likeness (QED) is 0.631. The number of amides is 1. The summed E-state index contributed by atoms with van der Waals surface area (Å²) < 4.78 is 5.78. The monoisotopic (exact) mass is 376 g/mol. The predicted octanol–water partition coefficient (Wildman–Crippen LogP) is 3.09. The van der Waals surface area contributed by atoms with Crippen molar-refractivity contribution in [1.29, 1.82) is 0 Å². The first kappa shape index (κ1) is 19.1. The third-order valence-electron chi connectivity index (χ3n) is 4.09. The topological polar surface area (TPSA) is 88.5 Å². The number of carboxylic acid groups (broad SMARTS) is 1. The maximum atomic E-state index is 12.2. The maximum Gasteiger partial charge on any atom is 0.326 e. The Kier molecular flexibility index (Phi) is 6.36. The number of hydrogen-bond donors (Lipinski definition) is 2. The van der Waals surface area contributed by atoms with Crippen LogP contribution >= 0.6 is 0 Å². The second-order valence-corrected chi connectivity index (χ2v) is 6.21. The van der Waals surface area contributed by atoms with Crippen LogP contribution in [0.5, 0.6) is 5.75 Å². The van der Waals surface area contributed by atoms with E-state index in [1.807, 2.05) is 36.4 Å². The molecule has 3 rings (SSSR count). The minimum Gasteiger partial charge on any atom is -0.489 e. The molecule has 0 bridgehead atoms. The number of pyridine rings is 1. The number of aliphatic carboxylic acids is 1. The van der Waals surface area contributed by atoms with Crippen molar-refractivity contribution in [2.45, 2.75) is 19.1 Å². The normalized spacial score (nSPS) is 11.4. The molecule has 1 atom stereocenters. The number of carbonyl (C=O) groups is 2. The Morgan fingerprint density at radius 3 is 2.43 bits per heavy atom. The van der Waals surface area contributed by atoms with Crippen LogP contribution in [-0.4, -0.2) is 28.0 Å². The third-order valence-corrected chi connectivity index (χ3v) is 4.09. The first-order valence-electron chi connectivity index (χ1n) is 8.82. The van der Waals surface area contributed by atoms with Crippen molar-refractivity contribution in [2.24, 2.45) is 0 Å². The fourth-order valence-electron chi connectivity index (χ4n) is 2.67. The van der Waals surface area contributed by atoms with E-state index in [1.165, 1.54) is 12.3 Å². The predicted molar refractivity (Wildman–Crippen MR) is 104 cm³/mol. The minimum atomic E-state index is -1.11. The van der Waals surface area contributed by atoms with Crippen molar-refractivity contribution in [1.82, 2.24) is 10.3 Å². The summed E-state index contributed by atoms with van der Waals surface area (Å²) in [6.07, 6.45) is 1.62. The van der Waals surface area contributed by atoms with Gasteiger partial charge in [0.15, 0.2) is 0 Å². The summed E-state index contributed by atoms with van der Waals surface area (Å²) in [5.41, 5.74) is 1.96. The zero-order valence-electron chi connectivity index (χ0n) is 15.1. The van der Waals surface area contributed by atoms with Gasteiger partial charge in [0.05, 0.1) is 0 Å². The second kappa shape index (κ2) is 9.32. The minimum absolute atomic E-state index is 0.135. The molecule has 3 aromatic rings. The van der Waals surface area contributed by atoms with E-state index in [9.17, 15) is 14.7 Å². The number of rotatable bonds is 8. The zero-order chi connectivity index (χ0) is 19.8. The average Bonchev–Trinajstić information content (AvgIpc) is 2.73. The lowest BCUT2D eigenvalue weighted by Gasteiger charge is -2.15. The summed E-state index contributed by atoms with van der Waals surface area (Å²) in [7, 11) is 0. The number of carboxylic acids is 1. The zero-order valence-corrected chi connectivity index (χ0v) is 15.1. The van der Waals surface area contributed by atoms with Crippen molar-refractivity contribution in [3.05, 3.63) is 95.8 Å². The fraction of sp³-hybridized carbons (Fsp3) is 0.136. The van der Waals surface area contributed by atoms with Gasteiger partial charge in [-0.1, -0.05) is 48.5 Å². The van der Waals surface area contributed by atoms with Gasteiger partial charge >= 0.3 is 5.97 Å². The molecule has 0 fully saturated rings. The Morgan fingerprint density at radius 2 is 1.71 bits per heavy atom. The summed E-state index contributed by atoms with van der Waals surface area (Å²) in [6.45, 7) is 0.420. The number of nitrogens with one attached hydrogen (secondary N) is 1. The summed E-state index contributed by atoms with van der Waals surface area (Å²) >= 11 is 0. The lowest BCUT2D eigenvalue weighted by molar-refractivity contribution is -0.139. The molecular weight excluding hydrogens is 356 g/mol. The van der Waals surface area contributed by atoms with Crippen LogP contribution in [0.15, 0.2) is 79.0 Å². The van der Waals surface area contributed by atoms with Gasteiger partial charge in [0.2, 0.25) is 0 Å². The van der Waals surface area contributed by atoms with Crippen LogP contribution < -0.4 is 10.1 Å². The summed E-state index contributed by atoms with van der Waals surface area (Å²) in [5, 5.41) is 12.0. The summed E-state index contributed by atoms with van der Waals surface area (Å²) in [6, 6.07) is 20.8. The average molecular weight is 376 g/mol. The van der Waals surface area contributed by atoms with E-state index in [4.69, 9.17) is 4.74 Å². The Morgan fingerprint density at radius 1 is 0.964 bits per heavy atom. The summed E-state index contributed by atoms with van der Waals surface area (Å²) in [4.78, 5) is 27.8. The Hall–Kier alpha value is -3.67. The molecule has 28 heavy (non-hydrogen) atoms. The first-order chi connectivity index (χ1) is 13.6. The number of ether oxygens (including phenoxy) is 1. The molecule has 0 aliphatic heterocycles. The molecule has 0 saturated heterocycles. The second-order valence-electron chi connectivity index (χ2n) is 6.21. The molecular formula is C22H20N2O4. The van der Waals surface area contributed by atoms with Crippen LogP contribution in [-0.2, 0) is 17.8 Å². The number of carbonyl (C=O) groups excluding carboxylic acids is 1. The van der Waals surface area contributed by atoms with E-state index in [0.29, 0.717) is 12.4 Å². The van der Waals surface area contributed by atoms with E-state index >= 15 is 0 Å². The van der Waals surface area contributed by atoms with Crippen molar-refractivity contribution < 1.29 is 19.4 Å². The van der Waals surface area contributed by atoms with Crippen LogP contribution in [0.2, 0.25) is 0 Å². The van der Waals surface area contributed by atoms with Crippen molar-refractivity contribution in [2.75, 3.05) is 0 Å². The van der Waals surface area contributed by atoms with Gasteiger partial charge in [-0.25, -0.2) is 4.79 Å². The standard InChI is InChI=1S/C22H20N2O4/c25-21(19-11-4-5-12-23-19)24-20(22(26)27)14-17-9-6-10-18(13-17)28-15-16-7-2-1-3-8-16/h1-13,20H,14-15H2,(H,24,25)(H,26,27)/t20-/m1/s1. The fourth-order valence-corrected chi connectivity index (χ4v) is 2.67. The largest absolute Gasteiger partial charge is 0.489 e.